The lowest BCUT2D eigenvalue weighted by atomic mass is 10.0. The Labute approximate surface area is 99.0 Å². The van der Waals surface area contributed by atoms with Crippen LogP contribution in [0.25, 0.3) is 11.1 Å². The number of hydrogen-bond donors (Lipinski definition) is 3. The first-order chi connectivity index (χ1) is 8.08. The Morgan fingerprint density at radius 3 is 2.12 bits per heavy atom. The molecular weight excluding hydrogens is 214 g/mol. The maximum absolute atomic E-state index is 11.0. The van der Waals surface area contributed by atoms with E-state index in [1.807, 2.05) is 12.1 Å². The number of hydrogen-bond acceptors (Lipinski definition) is 3. The average Bonchev–Trinajstić information content (AvgIpc) is 2.30. The lowest BCUT2D eigenvalue weighted by Gasteiger charge is -2.07. The summed E-state index contributed by atoms with van der Waals surface area (Å²) in [5, 5.41) is 0. The van der Waals surface area contributed by atoms with Crippen LogP contribution in [-0.2, 0) is 0 Å². The SMILES string of the molecule is NC(=O)c1ccc(-c2ccc(N)cc2)c(N)c1. The first-order valence-corrected chi connectivity index (χ1v) is 5.13. The average molecular weight is 227 g/mol. The molecule has 2 rings (SSSR count). The summed E-state index contributed by atoms with van der Waals surface area (Å²) >= 11 is 0. The van der Waals surface area contributed by atoms with E-state index in [4.69, 9.17) is 17.2 Å². The van der Waals surface area contributed by atoms with Gasteiger partial charge in [-0.15, -0.1) is 0 Å². The van der Waals surface area contributed by atoms with Crippen LogP contribution in [0.3, 0.4) is 0 Å². The van der Waals surface area contributed by atoms with Crippen LogP contribution >= 0.6 is 0 Å². The van der Waals surface area contributed by atoms with Gasteiger partial charge in [-0.2, -0.15) is 0 Å². The lowest BCUT2D eigenvalue weighted by molar-refractivity contribution is 0.100. The Bertz CT molecular complexity index is 561. The molecule has 4 nitrogen and oxygen atoms in total. The molecule has 0 fully saturated rings. The van der Waals surface area contributed by atoms with Gasteiger partial charge in [0.2, 0.25) is 5.91 Å². The van der Waals surface area contributed by atoms with Crippen molar-refractivity contribution < 1.29 is 4.79 Å². The fourth-order valence-corrected chi connectivity index (χ4v) is 1.64. The molecule has 2 aromatic carbocycles. The predicted octanol–water partition coefficient (Wildman–Crippen LogP) is 1.62. The third-order valence-corrected chi connectivity index (χ3v) is 2.56. The molecule has 0 unspecified atom stereocenters. The molecule has 0 saturated heterocycles. The Morgan fingerprint density at radius 1 is 0.941 bits per heavy atom. The fraction of sp³-hybridized carbons (Fsp3) is 0. The molecule has 86 valence electrons. The largest absolute Gasteiger partial charge is 0.399 e. The molecule has 4 heteroatoms. The quantitative estimate of drug-likeness (QED) is 0.680. The second-order valence-electron chi connectivity index (χ2n) is 3.79. The summed E-state index contributed by atoms with van der Waals surface area (Å²) in [5.74, 6) is -0.486. The van der Waals surface area contributed by atoms with E-state index in [2.05, 4.69) is 0 Å². The van der Waals surface area contributed by atoms with E-state index in [9.17, 15) is 4.79 Å². The minimum atomic E-state index is -0.486. The number of primary amides is 1. The van der Waals surface area contributed by atoms with Gasteiger partial charge in [0, 0.05) is 22.5 Å². The van der Waals surface area contributed by atoms with Crippen molar-refractivity contribution in [3.8, 4) is 11.1 Å². The van der Waals surface area contributed by atoms with Crippen molar-refractivity contribution in [3.63, 3.8) is 0 Å². The fourth-order valence-electron chi connectivity index (χ4n) is 1.64. The van der Waals surface area contributed by atoms with Crippen molar-refractivity contribution in [3.05, 3.63) is 48.0 Å². The molecular formula is C13H13N3O. The zero-order chi connectivity index (χ0) is 12.4. The second kappa shape index (κ2) is 4.17. The van der Waals surface area contributed by atoms with Crippen molar-refractivity contribution in [2.75, 3.05) is 11.5 Å². The molecule has 6 N–H and O–H groups in total. The van der Waals surface area contributed by atoms with Crippen molar-refractivity contribution >= 4 is 17.3 Å². The monoisotopic (exact) mass is 227 g/mol. The summed E-state index contributed by atoms with van der Waals surface area (Å²) in [6.07, 6.45) is 0. The van der Waals surface area contributed by atoms with Gasteiger partial charge in [-0.1, -0.05) is 18.2 Å². The zero-order valence-electron chi connectivity index (χ0n) is 9.18. The summed E-state index contributed by atoms with van der Waals surface area (Å²) in [6, 6.07) is 12.4. The number of nitrogen functional groups attached to an aromatic ring is 2. The maximum Gasteiger partial charge on any atom is 0.248 e. The van der Waals surface area contributed by atoms with Crippen LogP contribution in [0.15, 0.2) is 42.5 Å². The van der Waals surface area contributed by atoms with Gasteiger partial charge in [-0.3, -0.25) is 4.79 Å². The van der Waals surface area contributed by atoms with E-state index >= 15 is 0 Å². The van der Waals surface area contributed by atoms with Gasteiger partial charge in [-0.05, 0) is 29.8 Å². The molecule has 0 atom stereocenters. The van der Waals surface area contributed by atoms with Gasteiger partial charge in [0.25, 0.3) is 0 Å². The van der Waals surface area contributed by atoms with Gasteiger partial charge in [-0.25, -0.2) is 0 Å². The maximum atomic E-state index is 11.0. The summed E-state index contributed by atoms with van der Waals surface area (Å²) in [6.45, 7) is 0. The Kier molecular flexibility index (Phi) is 2.70. The standard InChI is InChI=1S/C13H13N3O/c14-10-4-1-8(2-5-10)11-6-3-9(13(16)17)7-12(11)15/h1-7H,14-15H2,(H2,16,17). The molecule has 0 aliphatic heterocycles. The zero-order valence-corrected chi connectivity index (χ0v) is 9.18. The predicted molar refractivity (Wildman–Crippen MR) is 69.2 cm³/mol. The first-order valence-electron chi connectivity index (χ1n) is 5.13. The van der Waals surface area contributed by atoms with E-state index in [0.29, 0.717) is 16.9 Å². The molecule has 0 spiro atoms. The van der Waals surface area contributed by atoms with E-state index in [1.165, 1.54) is 0 Å². The number of carbonyl (C=O) groups is 1. The Morgan fingerprint density at radius 2 is 1.59 bits per heavy atom. The highest BCUT2D eigenvalue weighted by Crippen LogP contribution is 2.27. The summed E-state index contributed by atoms with van der Waals surface area (Å²) < 4.78 is 0. The van der Waals surface area contributed by atoms with Gasteiger partial charge >= 0.3 is 0 Å². The minimum absolute atomic E-state index is 0.404. The number of amides is 1. The smallest absolute Gasteiger partial charge is 0.248 e. The Hall–Kier alpha value is -2.49. The third kappa shape index (κ3) is 2.20. The molecule has 0 saturated carbocycles. The van der Waals surface area contributed by atoms with E-state index in [-0.39, 0.29) is 0 Å². The van der Waals surface area contributed by atoms with Crippen LogP contribution in [-0.4, -0.2) is 5.91 Å². The van der Waals surface area contributed by atoms with Gasteiger partial charge in [0.15, 0.2) is 0 Å². The summed E-state index contributed by atoms with van der Waals surface area (Å²) in [5.41, 5.74) is 20.1. The molecule has 0 aromatic heterocycles. The molecule has 0 aliphatic rings. The van der Waals surface area contributed by atoms with Gasteiger partial charge in [0.1, 0.15) is 0 Å². The van der Waals surface area contributed by atoms with E-state index < -0.39 is 5.91 Å². The topological polar surface area (TPSA) is 95.1 Å². The number of carbonyl (C=O) groups excluding carboxylic acids is 1. The molecule has 1 amide bonds. The number of rotatable bonds is 2. The van der Waals surface area contributed by atoms with Crippen LogP contribution in [0, 0.1) is 0 Å². The molecule has 0 radical (unpaired) electrons. The van der Waals surface area contributed by atoms with Crippen LogP contribution in [0.4, 0.5) is 11.4 Å². The summed E-state index contributed by atoms with van der Waals surface area (Å²) in [7, 11) is 0. The van der Waals surface area contributed by atoms with Gasteiger partial charge < -0.3 is 17.2 Å². The summed E-state index contributed by atoms with van der Waals surface area (Å²) in [4.78, 5) is 11.0. The Balaban J connectivity index is 2.46. The van der Waals surface area contributed by atoms with Crippen molar-refractivity contribution in [1.82, 2.24) is 0 Å². The van der Waals surface area contributed by atoms with Gasteiger partial charge in [0.05, 0.1) is 0 Å². The van der Waals surface area contributed by atoms with Crippen LogP contribution in [0.2, 0.25) is 0 Å². The number of benzene rings is 2. The van der Waals surface area contributed by atoms with Crippen LogP contribution < -0.4 is 17.2 Å². The number of nitrogens with two attached hydrogens (primary N) is 3. The van der Waals surface area contributed by atoms with Crippen molar-refractivity contribution in [2.24, 2.45) is 5.73 Å². The first kappa shape index (κ1) is 11.0. The second-order valence-corrected chi connectivity index (χ2v) is 3.79. The molecule has 0 bridgehead atoms. The molecule has 0 aliphatic carbocycles. The number of anilines is 2. The lowest BCUT2D eigenvalue weighted by Crippen LogP contribution is -2.11. The normalized spacial score (nSPS) is 10.1. The van der Waals surface area contributed by atoms with Crippen molar-refractivity contribution in [2.45, 2.75) is 0 Å². The molecule has 17 heavy (non-hydrogen) atoms. The highest BCUT2D eigenvalue weighted by molar-refractivity contribution is 5.95. The van der Waals surface area contributed by atoms with E-state index in [0.717, 1.165) is 11.1 Å². The highest BCUT2D eigenvalue weighted by atomic mass is 16.1. The van der Waals surface area contributed by atoms with Crippen LogP contribution in [0.1, 0.15) is 10.4 Å². The van der Waals surface area contributed by atoms with Crippen molar-refractivity contribution in [1.29, 1.82) is 0 Å². The molecule has 0 heterocycles. The molecule has 2 aromatic rings. The van der Waals surface area contributed by atoms with E-state index in [1.54, 1.807) is 30.3 Å². The highest BCUT2D eigenvalue weighted by Gasteiger charge is 2.06. The third-order valence-electron chi connectivity index (χ3n) is 2.56. The minimum Gasteiger partial charge on any atom is -0.399 e. The van der Waals surface area contributed by atoms with Crippen LogP contribution in [0.5, 0.6) is 0 Å².